The molecule has 1 heterocycles. The summed E-state index contributed by atoms with van der Waals surface area (Å²) in [6, 6.07) is -0.110. The smallest absolute Gasteiger partial charge is 0.407 e. The second-order valence-electron chi connectivity index (χ2n) is 7.70. The maximum atomic E-state index is 12.1. The summed E-state index contributed by atoms with van der Waals surface area (Å²) in [5.41, 5.74) is 0.0996. The van der Waals surface area contributed by atoms with Gasteiger partial charge in [-0.25, -0.2) is 14.8 Å². The first kappa shape index (κ1) is 25.4. The molecule has 0 radical (unpaired) electrons. The minimum atomic E-state index is -0.610. The summed E-state index contributed by atoms with van der Waals surface area (Å²) in [5.74, 6) is 0.761. The quantitative estimate of drug-likeness (QED) is 0.392. The van der Waals surface area contributed by atoms with E-state index >= 15 is 0 Å². The molecule has 0 aliphatic heterocycles. The van der Waals surface area contributed by atoms with Gasteiger partial charge in [0.05, 0.1) is 5.56 Å². The fraction of sp³-hybridized carbons (Fsp3) is 0.750. The van der Waals surface area contributed by atoms with Gasteiger partial charge in [0.1, 0.15) is 11.4 Å². The molecule has 8 nitrogen and oxygen atoms in total. The number of halogens is 1. The van der Waals surface area contributed by atoms with E-state index in [1.54, 1.807) is 6.20 Å². The second-order valence-corrected chi connectivity index (χ2v) is 8.04. The van der Waals surface area contributed by atoms with Crippen molar-refractivity contribution in [3.8, 4) is 0 Å². The first-order chi connectivity index (χ1) is 13.6. The molecule has 9 heteroatoms. The van der Waals surface area contributed by atoms with Gasteiger partial charge < -0.3 is 24.8 Å². The SMILES string of the molecule is CCOC(OCC)c1cnc(Cl)nc1N[C@H](CNC(=O)OC(C)(C)C)C(C)CC. The van der Waals surface area contributed by atoms with Crippen molar-refractivity contribution in [2.45, 2.75) is 72.8 Å². The summed E-state index contributed by atoms with van der Waals surface area (Å²) in [6.07, 6.45) is 1.43. The highest BCUT2D eigenvalue weighted by Gasteiger charge is 2.24. The largest absolute Gasteiger partial charge is 0.444 e. The fourth-order valence-electron chi connectivity index (χ4n) is 2.55. The summed E-state index contributed by atoms with van der Waals surface area (Å²) in [7, 11) is 0. The van der Waals surface area contributed by atoms with Gasteiger partial charge in [-0.15, -0.1) is 0 Å². The van der Waals surface area contributed by atoms with E-state index in [0.29, 0.717) is 31.1 Å². The van der Waals surface area contributed by atoms with Crippen LogP contribution in [0.3, 0.4) is 0 Å². The van der Waals surface area contributed by atoms with Crippen LogP contribution < -0.4 is 10.6 Å². The number of nitrogens with zero attached hydrogens (tertiary/aromatic N) is 2. The van der Waals surface area contributed by atoms with Gasteiger partial charge in [0.2, 0.25) is 5.28 Å². The van der Waals surface area contributed by atoms with E-state index in [-0.39, 0.29) is 17.2 Å². The number of hydrogen-bond donors (Lipinski definition) is 2. The van der Waals surface area contributed by atoms with Gasteiger partial charge in [-0.3, -0.25) is 0 Å². The van der Waals surface area contributed by atoms with E-state index in [1.807, 2.05) is 34.6 Å². The molecule has 0 saturated carbocycles. The van der Waals surface area contributed by atoms with Gasteiger partial charge in [-0.2, -0.15) is 0 Å². The Morgan fingerprint density at radius 1 is 1.21 bits per heavy atom. The average molecular weight is 431 g/mol. The van der Waals surface area contributed by atoms with E-state index in [9.17, 15) is 4.79 Å². The molecule has 166 valence electrons. The van der Waals surface area contributed by atoms with E-state index in [4.69, 9.17) is 25.8 Å². The molecular weight excluding hydrogens is 396 g/mol. The molecule has 0 aliphatic rings. The van der Waals surface area contributed by atoms with Crippen LogP contribution in [0.1, 0.15) is 66.7 Å². The number of alkyl carbamates (subject to hydrolysis) is 1. The Morgan fingerprint density at radius 2 is 1.83 bits per heavy atom. The Morgan fingerprint density at radius 3 is 2.34 bits per heavy atom. The molecule has 1 aromatic rings. The fourth-order valence-corrected chi connectivity index (χ4v) is 2.68. The monoisotopic (exact) mass is 430 g/mol. The molecule has 0 saturated heterocycles. The Kier molecular flexibility index (Phi) is 10.6. The number of ether oxygens (including phenoxy) is 3. The molecule has 29 heavy (non-hydrogen) atoms. The molecule has 1 unspecified atom stereocenters. The molecule has 0 spiro atoms. The summed E-state index contributed by atoms with van der Waals surface area (Å²) in [6.45, 7) is 14.8. The van der Waals surface area contributed by atoms with Crippen molar-refractivity contribution in [3.63, 3.8) is 0 Å². The zero-order valence-electron chi connectivity index (χ0n) is 18.5. The summed E-state index contributed by atoms with van der Waals surface area (Å²) >= 11 is 6.04. The molecule has 2 N–H and O–H groups in total. The zero-order valence-corrected chi connectivity index (χ0v) is 19.3. The van der Waals surface area contributed by atoms with Gasteiger partial charge in [-0.1, -0.05) is 20.3 Å². The second kappa shape index (κ2) is 12.1. The van der Waals surface area contributed by atoms with Crippen molar-refractivity contribution in [2.24, 2.45) is 5.92 Å². The Labute approximate surface area is 179 Å². The third-order valence-electron chi connectivity index (χ3n) is 4.20. The topological polar surface area (TPSA) is 94.6 Å². The zero-order chi connectivity index (χ0) is 22.0. The Bertz CT molecular complexity index is 633. The van der Waals surface area contributed by atoms with Crippen LogP contribution in [0, 0.1) is 5.92 Å². The van der Waals surface area contributed by atoms with Crippen LogP contribution in [0.15, 0.2) is 6.20 Å². The van der Waals surface area contributed by atoms with Crippen molar-refractivity contribution in [3.05, 3.63) is 17.0 Å². The lowest BCUT2D eigenvalue weighted by atomic mass is 9.99. The van der Waals surface area contributed by atoms with Crippen LogP contribution in [-0.2, 0) is 14.2 Å². The van der Waals surface area contributed by atoms with E-state index in [2.05, 4.69) is 34.4 Å². The van der Waals surface area contributed by atoms with Gasteiger partial charge in [-0.05, 0) is 52.1 Å². The molecule has 0 aromatic carbocycles. The molecule has 2 atom stereocenters. The van der Waals surface area contributed by atoms with Gasteiger partial charge in [0.15, 0.2) is 6.29 Å². The standard InChI is InChI=1S/C20H35ClN4O4/c1-8-13(4)15(12-23-19(26)29-20(5,6)7)24-16-14(11-22-18(21)25-16)17(27-9-2)28-10-3/h11,13,15,17H,8-10,12H2,1-7H3,(H,23,26)(H,22,24,25)/t13?,15-/m1/s1. The Balaban J connectivity index is 3.03. The highest BCUT2D eigenvalue weighted by Crippen LogP contribution is 2.27. The molecule has 0 fully saturated rings. The van der Waals surface area contributed by atoms with Crippen molar-refractivity contribution in [2.75, 3.05) is 25.1 Å². The van der Waals surface area contributed by atoms with Gasteiger partial charge in [0, 0.05) is 32.0 Å². The highest BCUT2D eigenvalue weighted by atomic mass is 35.5. The van der Waals surface area contributed by atoms with Crippen molar-refractivity contribution in [1.82, 2.24) is 15.3 Å². The molecule has 0 bridgehead atoms. The predicted octanol–water partition coefficient (Wildman–Crippen LogP) is 4.55. The number of rotatable bonds is 11. The van der Waals surface area contributed by atoms with E-state index < -0.39 is 18.0 Å². The van der Waals surface area contributed by atoms with Crippen LogP contribution in [-0.4, -0.2) is 47.5 Å². The summed E-state index contributed by atoms with van der Waals surface area (Å²) in [5, 5.41) is 6.33. The molecule has 1 rings (SSSR count). The van der Waals surface area contributed by atoms with Gasteiger partial charge >= 0.3 is 6.09 Å². The maximum Gasteiger partial charge on any atom is 0.407 e. The minimum absolute atomic E-state index is 0.110. The number of aromatic nitrogens is 2. The highest BCUT2D eigenvalue weighted by molar-refractivity contribution is 6.28. The molecule has 1 aromatic heterocycles. The lowest BCUT2D eigenvalue weighted by Gasteiger charge is -2.28. The third-order valence-corrected chi connectivity index (χ3v) is 4.38. The first-order valence-corrected chi connectivity index (χ1v) is 10.5. The van der Waals surface area contributed by atoms with E-state index in [0.717, 1.165) is 6.42 Å². The van der Waals surface area contributed by atoms with Crippen LogP contribution >= 0.6 is 11.6 Å². The van der Waals surface area contributed by atoms with Crippen molar-refractivity contribution >= 4 is 23.5 Å². The summed E-state index contributed by atoms with van der Waals surface area (Å²) in [4.78, 5) is 20.5. The van der Waals surface area contributed by atoms with Crippen LogP contribution in [0.4, 0.5) is 10.6 Å². The molecule has 0 aliphatic carbocycles. The Hall–Kier alpha value is -1.64. The van der Waals surface area contributed by atoms with Crippen molar-refractivity contribution < 1.29 is 19.0 Å². The number of hydrogen-bond acceptors (Lipinski definition) is 7. The molecule has 1 amide bonds. The molecular formula is C20H35ClN4O4. The maximum absolute atomic E-state index is 12.1. The minimum Gasteiger partial charge on any atom is -0.444 e. The van der Waals surface area contributed by atoms with Crippen LogP contribution in [0.2, 0.25) is 5.28 Å². The van der Waals surface area contributed by atoms with Crippen LogP contribution in [0.25, 0.3) is 0 Å². The van der Waals surface area contributed by atoms with Crippen molar-refractivity contribution in [1.29, 1.82) is 0 Å². The normalized spacial score (nSPS) is 13.8. The number of anilines is 1. The number of carbonyl (C=O) groups excluding carboxylic acids is 1. The van der Waals surface area contributed by atoms with Gasteiger partial charge in [0.25, 0.3) is 0 Å². The lowest BCUT2D eigenvalue weighted by molar-refractivity contribution is -0.140. The lowest BCUT2D eigenvalue weighted by Crippen LogP contribution is -2.42. The van der Waals surface area contributed by atoms with E-state index in [1.165, 1.54) is 0 Å². The van der Waals surface area contributed by atoms with Crippen LogP contribution in [0.5, 0.6) is 0 Å². The number of amides is 1. The average Bonchev–Trinajstić information content (AvgIpc) is 2.63. The summed E-state index contributed by atoms with van der Waals surface area (Å²) < 4.78 is 16.7. The third kappa shape index (κ3) is 9.14. The first-order valence-electron chi connectivity index (χ1n) is 10.1. The number of nitrogens with one attached hydrogen (secondary N) is 2. The predicted molar refractivity (Wildman–Crippen MR) is 114 cm³/mol. The number of carbonyl (C=O) groups is 1.